The van der Waals surface area contributed by atoms with E-state index in [1.54, 1.807) is 0 Å². The van der Waals surface area contributed by atoms with Gasteiger partial charge in [0.1, 0.15) is 5.75 Å². The summed E-state index contributed by atoms with van der Waals surface area (Å²) in [6.45, 7) is 0.762. The summed E-state index contributed by atoms with van der Waals surface area (Å²) in [5.74, 6) is -1.33. The predicted molar refractivity (Wildman–Crippen MR) is 99.1 cm³/mol. The van der Waals surface area contributed by atoms with Crippen LogP contribution < -0.4 is 5.48 Å². The van der Waals surface area contributed by atoms with Crippen molar-refractivity contribution in [3.05, 3.63) is 60.2 Å². The van der Waals surface area contributed by atoms with Crippen molar-refractivity contribution in [2.24, 2.45) is 0 Å². The summed E-state index contributed by atoms with van der Waals surface area (Å²) in [6.07, 6.45) is 1.43. The zero-order chi connectivity index (χ0) is 18.6. The van der Waals surface area contributed by atoms with Crippen molar-refractivity contribution in [2.75, 3.05) is 18.8 Å². The Labute approximate surface area is 153 Å². The summed E-state index contributed by atoms with van der Waals surface area (Å²) < 4.78 is 25.6. The van der Waals surface area contributed by atoms with Gasteiger partial charge in [-0.25, -0.2) is 18.2 Å². The second kappa shape index (κ2) is 7.99. The molecule has 0 radical (unpaired) electrons. The number of carbonyl (C=O) groups excluding carboxylic acids is 1. The molecule has 2 aromatic rings. The highest BCUT2D eigenvalue weighted by molar-refractivity contribution is 7.89. The minimum Gasteiger partial charge on any atom is -0.289 e. The maximum atomic E-state index is 12.2. The van der Waals surface area contributed by atoms with Crippen LogP contribution in [0, 0.1) is 0 Å². The molecule has 0 aliphatic carbocycles. The number of carbonyl (C=O) groups is 1. The molecule has 3 rings (SSSR count). The van der Waals surface area contributed by atoms with Crippen LogP contribution in [0.15, 0.2) is 54.6 Å². The van der Waals surface area contributed by atoms with Crippen LogP contribution in [0.25, 0.3) is 11.1 Å². The van der Waals surface area contributed by atoms with Gasteiger partial charge >= 0.3 is 0 Å². The number of nitrogens with one attached hydrogen (secondary N) is 1. The van der Waals surface area contributed by atoms with Gasteiger partial charge in [-0.05, 0) is 35.4 Å². The lowest BCUT2D eigenvalue weighted by molar-refractivity contribution is -0.126. The highest BCUT2D eigenvalue weighted by Gasteiger charge is 2.30. The van der Waals surface area contributed by atoms with Gasteiger partial charge in [-0.15, -0.1) is 0 Å². The molecule has 6 nitrogen and oxygen atoms in total. The van der Waals surface area contributed by atoms with Crippen molar-refractivity contribution in [1.29, 1.82) is 0 Å². The molecular formula is C19H22N2O4S. The maximum absolute atomic E-state index is 12.2. The Balaban J connectivity index is 1.62. The molecule has 26 heavy (non-hydrogen) atoms. The monoisotopic (exact) mass is 374 g/mol. The van der Waals surface area contributed by atoms with Crippen molar-refractivity contribution in [3.8, 4) is 11.1 Å². The smallest absolute Gasteiger partial charge is 0.259 e. The Morgan fingerprint density at radius 3 is 2.15 bits per heavy atom. The largest absolute Gasteiger partial charge is 0.289 e. The van der Waals surface area contributed by atoms with E-state index in [9.17, 15) is 13.2 Å². The van der Waals surface area contributed by atoms with Gasteiger partial charge in [0.25, 0.3) is 5.91 Å². The fraction of sp³-hybridized carbons (Fsp3) is 0.316. The van der Waals surface area contributed by atoms with Crippen molar-refractivity contribution >= 4 is 15.9 Å². The minimum absolute atomic E-state index is 0.304. The lowest BCUT2D eigenvalue weighted by atomic mass is 9.89. The SMILES string of the molecule is O=C(CS(=O)(=O)N1CCC(c2ccc(-c3ccccc3)cc2)CC1)NO. The number of rotatable bonds is 5. The zero-order valence-corrected chi connectivity index (χ0v) is 15.2. The number of benzene rings is 2. The molecule has 0 bridgehead atoms. The molecular weight excluding hydrogens is 352 g/mol. The van der Waals surface area contributed by atoms with E-state index in [0.717, 1.165) is 5.56 Å². The lowest BCUT2D eigenvalue weighted by Crippen LogP contribution is -2.42. The summed E-state index contributed by atoms with van der Waals surface area (Å²) in [5.41, 5.74) is 4.90. The molecule has 7 heteroatoms. The molecule has 2 aromatic carbocycles. The van der Waals surface area contributed by atoms with Crippen LogP contribution in [-0.4, -0.2) is 42.7 Å². The third kappa shape index (κ3) is 4.30. The van der Waals surface area contributed by atoms with Gasteiger partial charge in [-0.3, -0.25) is 10.0 Å². The van der Waals surface area contributed by atoms with Gasteiger partial charge in [-0.1, -0.05) is 54.6 Å². The topological polar surface area (TPSA) is 86.7 Å². The number of amides is 1. The minimum atomic E-state index is -3.68. The molecule has 1 saturated heterocycles. The van der Waals surface area contributed by atoms with Crippen molar-refractivity contribution < 1.29 is 18.4 Å². The first-order valence-corrected chi connectivity index (χ1v) is 10.2. The molecule has 1 aliphatic heterocycles. The number of hydrogen-bond donors (Lipinski definition) is 2. The van der Waals surface area contributed by atoms with E-state index in [4.69, 9.17) is 5.21 Å². The molecule has 0 atom stereocenters. The van der Waals surface area contributed by atoms with Gasteiger partial charge in [-0.2, -0.15) is 0 Å². The molecule has 1 heterocycles. The van der Waals surface area contributed by atoms with E-state index < -0.39 is 21.7 Å². The molecule has 0 saturated carbocycles. The van der Waals surface area contributed by atoms with Crippen molar-refractivity contribution in [2.45, 2.75) is 18.8 Å². The highest BCUT2D eigenvalue weighted by Crippen LogP contribution is 2.30. The molecule has 1 fully saturated rings. The van der Waals surface area contributed by atoms with Crippen LogP contribution in [0.3, 0.4) is 0 Å². The Kier molecular flexibility index (Phi) is 5.70. The molecule has 0 aromatic heterocycles. The van der Waals surface area contributed by atoms with Crippen LogP contribution in [0.5, 0.6) is 0 Å². The average Bonchev–Trinajstić information content (AvgIpc) is 2.68. The van der Waals surface area contributed by atoms with Crippen LogP contribution >= 0.6 is 0 Å². The summed E-state index contributed by atoms with van der Waals surface area (Å²) in [5, 5.41) is 8.51. The van der Waals surface area contributed by atoms with Crippen LogP contribution in [0.4, 0.5) is 0 Å². The van der Waals surface area contributed by atoms with Crippen LogP contribution in [0.2, 0.25) is 0 Å². The second-order valence-corrected chi connectivity index (χ2v) is 8.42. The number of sulfonamides is 1. The van der Waals surface area contributed by atoms with E-state index in [0.29, 0.717) is 31.8 Å². The van der Waals surface area contributed by atoms with Gasteiger partial charge in [0.2, 0.25) is 10.0 Å². The Morgan fingerprint density at radius 2 is 1.58 bits per heavy atom. The number of piperidine rings is 1. The van der Waals surface area contributed by atoms with Crippen LogP contribution in [-0.2, 0) is 14.8 Å². The predicted octanol–water partition coefficient (Wildman–Crippen LogP) is 2.37. The third-order valence-corrected chi connectivity index (χ3v) is 6.55. The lowest BCUT2D eigenvalue weighted by Gasteiger charge is -2.31. The molecule has 138 valence electrons. The number of nitrogens with zero attached hydrogens (tertiary/aromatic N) is 1. The molecule has 1 aliphatic rings. The normalized spacial score (nSPS) is 16.3. The second-order valence-electron chi connectivity index (χ2n) is 6.45. The molecule has 0 spiro atoms. The quantitative estimate of drug-likeness (QED) is 0.621. The van der Waals surface area contributed by atoms with Gasteiger partial charge in [0, 0.05) is 13.1 Å². The summed E-state index contributed by atoms with van der Waals surface area (Å²) in [7, 11) is -3.68. The Hall–Kier alpha value is -2.22. The maximum Gasteiger partial charge on any atom is 0.259 e. The first kappa shape index (κ1) is 18.6. The van der Waals surface area contributed by atoms with E-state index in [2.05, 4.69) is 36.4 Å². The first-order chi connectivity index (χ1) is 12.5. The van der Waals surface area contributed by atoms with E-state index in [-0.39, 0.29) is 0 Å². The van der Waals surface area contributed by atoms with Gasteiger partial charge in [0.15, 0.2) is 0 Å². The fourth-order valence-electron chi connectivity index (χ4n) is 3.33. The molecule has 1 amide bonds. The van der Waals surface area contributed by atoms with Crippen molar-refractivity contribution in [3.63, 3.8) is 0 Å². The first-order valence-electron chi connectivity index (χ1n) is 8.56. The van der Waals surface area contributed by atoms with Gasteiger partial charge < -0.3 is 0 Å². The summed E-state index contributed by atoms with van der Waals surface area (Å²) in [6, 6.07) is 18.6. The van der Waals surface area contributed by atoms with Crippen molar-refractivity contribution in [1.82, 2.24) is 9.79 Å². The Bertz CT molecular complexity index is 843. The fourth-order valence-corrected chi connectivity index (χ4v) is 4.68. The Morgan fingerprint density at radius 1 is 1.00 bits per heavy atom. The summed E-state index contributed by atoms with van der Waals surface area (Å²) in [4.78, 5) is 11.1. The van der Waals surface area contributed by atoms with E-state index in [1.807, 2.05) is 18.2 Å². The zero-order valence-electron chi connectivity index (χ0n) is 14.3. The highest BCUT2D eigenvalue weighted by atomic mass is 32.2. The summed E-state index contributed by atoms with van der Waals surface area (Å²) >= 11 is 0. The standard InChI is InChI=1S/C19H22N2O4S/c22-19(20-23)14-26(24,25)21-12-10-18(11-13-21)17-8-6-16(7-9-17)15-4-2-1-3-5-15/h1-9,18,23H,10-14H2,(H,20,22). The van der Waals surface area contributed by atoms with E-state index >= 15 is 0 Å². The molecule has 2 N–H and O–H groups in total. The van der Waals surface area contributed by atoms with Crippen LogP contribution in [0.1, 0.15) is 24.3 Å². The molecule has 0 unspecified atom stereocenters. The number of hydrogen-bond acceptors (Lipinski definition) is 4. The third-order valence-electron chi connectivity index (χ3n) is 4.77. The number of hydroxylamine groups is 1. The van der Waals surface area contributed by atoms with E-state index in [1.165, 1.54) is 20.9 Å². The average molecular weight is 374 g/mol. The van der Waals surface area contributed by atoms with Gasteiger partial charge in [0.05, 0.1) is 0 Å².